The number of carboxylic acid groups (broad SMARTS) is 1. The molecule has 1 heterocycles. The Labute approximate surface area is 221 Å². The van der Waals surface area contributed by atoms with Gasteiger partial charge in [-0.15, -0.1) is 0 Å². The molecule has 39 heavy (non-hydrogen) atoms. The minimum atomic E-state index is -1.33. The summed E-state index contributed by atoms with van der Waals surface area (Å²) in [6.07, 6.45) is -0.648. The number of aromatic nitrogens is 1. The van der Waals surface area contributed by atoms with E-state index in [2.05, 4.69) is 15.8 Å². The predicted molar refractivity (Wildman–Crippen MR) is 141 cm³/mol. The van der Waals surface area contributed by atoms with Gasteiger partial charge < -0.3 is 25.0 Å². The van der Waals surface area contributed by atoms with Crippen LogP contribution < -0.4 is 15.5 Å². The van der Waals surface area contributed by atoms with E-state index in [4.69, 9.17) is 14.5 Å². The molecular weight excluding hydrogens is 506 g/mol. The SMILES string of the molecule is COC(=O)N(C)c1cc2onc(C(=O)Nc3ccc(C#N)cc3C(=O)O)c2cc1-c1ccc(NC(C)=O)cc1. The summed E-state index contributed by atoms with van der Waals surface area (Å²) in [6, 6.07) is 15.6. The maximum Gasteiger partial charge on any atom is 0.413 e. The van der Waals surface area contributed by atoms with Gasteiger partial charge in [-0.25, -0.2) is 9.59 Å². The zero-order valence-electron chi connectivity index (χ0n) is 20.9. The van der Waals surface area contributed by atoms with Crippen molar-refractivity contribution in [3.63, 3.8) is 0 Å². The Morgan fingerprint density at radius 2 is 1.77 bits per heavy atom. The summed E-state index contributed by atoms with van der Waals surface area (Å²) in [4.78, 5) is 49.8. The standard InChI is InChI=1S/C27H21N5O7/c1-14(33)29-17-7-5-16(6-8-17)18-11-20-23(12-22(18)32(2)27(37)38-3)39-31-24(20)25(34)30-21-9-4-15(13-28)10-19(21)26(35)36/h4-12H,1-3H3,(H,29,33)(H,30,34)(H,35,36). The molecule has 3 aromatic carbocycles. The van der Waals surface area contributed by atoms with Gasteiger partial charge in [-0.3, -0.25) is 14.5 Å². The lowest BCUT2D eigenvalue weighted by molar-refractivity contribution is -0.114. The quantitative estimate of drug-likeness (QED) is 0.326. The van der Waals surface area contributed by atoms with Gasteiger partial charge in [0.2, 0.25) is 5.91 Å². The Morgan fingerprint density at radius 1 is 1.05 bits per heavy atom. The molecule has 12 nitrogen and oxygen atoms in total. The van der Waals surface area contributed by atoms with Gasteiger partial charge in [0, 0.05) is 31.3 Å². The molecular formula is C27H21N5O7. The van der Waals surface area contributed by atoms with E-state index >= 15 is 0 Å². The van der Waals surface area contributed by atoms with Crippen molar-refractivity contribution in [3.8, 4) is 17.2 Å². The molecule has 3 amide bonds. The van der Waals surface area contributed by atoms with Gasteiger partial charge in [0.1, 0.15) is 0 Å². The third kappa shape index (κ3) is 5.37. The van der Waals surface area contributed by atoms with Crippen LogP contribution >= 0.6 is 0 Å². The maximum absolute atomic E-state index is 13.2. The van der Waals surface area contributed by atoms with Crippen molar-refractivity contribution in [2.24, 2.45) is 0 Å². The van der Waals surface area contributed by atoms with Gasteiger partial charge in [0.25, 0.3) is 5.91 Å². The number of nitrogens with zero attached hydrogens (tertiary/aromatic N) is 3. The minimum Gasteiger partial charge on any atom is -0.478 e. The fourth-order valence-electron chi connectivity index (χ4n) is 3.90. The fraction of sp³-hybridized carbons (Fsp3) is 0.111. The van der Waals surface area contributed by atoms with Crippen LogP contribution in [0, 0.1) is 11.3 Å². The van der Waals surface area contributed by atoms with Crippen molar-refractivity contribution >= 4 is 51.9 Å². The lowest BCUT2D eigenvalue weighted by Gasteiger charge is -2.20. The molecule has 0 saturated carbocycles. The van der Waals surface area contributed by atoms with Crippen LogP contribution in [-0.4, -0.2) is 48.3 Å². The molecule has 0 aliphatic rings. The number of amides is 3. The second kappa shape index (κ2) is 10.7. The number of ether oxygens (including phenoxy) is 1. The number of rotatable bonds is 6. The molecule has 0 saturated heterocycles. The van der Waals surface area contributed by atoms with Gasteiger partial charge in [0.05, 0.1) is 41.1 Å². The van der Waals surface area contributed by atoms with E-state index < -0.39 is 18.0 Å². The molecule has 0 radical (unpaired) electrons. The van der Waals surface area contributed by atoms with Crippen LogP contribution in [0.3, 0.4) is 0 Å². The van der Waals surface area contributed by atoms with Crippen molar-refractivity contribution in [1.82, 2.24) is 5.16 Å². The van der Waals surface area contributed by atoms with Gasteiger partial charge in [-0.05, 0) is 42.0 Å². The van der Waals surface area contributed by atoms with E-state index in [-0.39, 0.29) is 34.0 Å². The van der Waals surface area contributed by atoms with Crippen molar-refractivity contribution in [1.29, 1.82) is 5.26 Å². The predicted octanol–water partition coefficient (Wildman–Crippen LogP) is 4.48. The second-order valence-corrected chi connectivity index (χ2v) is 8.32. The molecule has 196 valence electrons. The summed E-state index contributed by atoms with van der Waals surface area (Å²) in [7, 11) is 2.75. The monoisotopic (exact) mass is 527 g/mol. The average Bonchev–Trinajstić information content (AvgIpc) is 3.34. The molecule has 0 aliphatic carbocycles. The van der Waals surface area contributed by atoms with Crippen molar-refractivity contribution in [3.05, 3.63) is 71.4 Å². The summed E-state index contributed by atoms with van der Waals surface area (Å²) < 4.78 is 10.2. The van der Waals surface area contributed by atoms with Crippen molar-refractivity contribution in [2.75, 3.05) is 29.7 Å². The highest BCUT2D eigenvalue weighted by Crippen LogP contribution is 2.37. The summed E-state index contributed by atoms with van der Waals surface area (Å²) in [5.74, 6) is -2.31. The molecule has 0 aliphatic heterocycles. The molecule has 12 heteroatoms. The number of fused-ring (bicyclic) bond motifs is 1. The maximum atomic E-state index is 13.2. The third-order valence-electron chi connectivity index (χ3n) is 5.76. The smallest absolute Gasteiger partial charge is 0.413 e. The number of methoxy groups -OCH3 is 1. The molecule has 4 aromatic rings. The van der Waals surface area contributed by atoms with Crippen LogP contribution in [0.4, 0.5) is 21.9 Å². The van der Waals surface area contributed by atoms with E-state index in [1.165, 1.54) is 44.2 Å². The first kappa shape index (κ1) is 26.4. The number of carbonyl (C=O) groups excluding carboxylic acids is 3. The van der Waals surface area contributed by atoms with Crippen LogP contribution in [0.5, 0.6) is 0 Å². The number of aromatic carboxylic acids is 1. The molecule has 0 bridgehead atoms. The van der Waals surface area contributed by atoms with Crippen LogP contribution in [0.25, 0.3) is 22.1 Å². The highest BCUT2D eigenvalue weighted by Gasteiger charge is 2.24. The number of benzene rings is 3. The van der Waals surface area contributed by atoms with Crippen LogP contribution in [0.1, 0.15) is 33.3 Å². The topological polar surface area (TPSA) is 175 Å². The first-order valence-corrected chi connectivity index (χ1v) is 11.3. The number of nitrogens with one attached hydrogen (secondary N) is 2. The van der Waals surface area contributed by atoms with Gasteiger partial charge >= 0.3 is 12.1 Å². The Balaban J connectivity index is 1.80. The lowest BCUT2D eigenvalue weighted by Crippen LogP contribution is -2.26. The van der Waals surface area contributed by atoms with Gasteiger partial charge in [-0.1, -0.05) is 17.3 Å². The first-order chi connectivity index (χ1) is 18.6. The number of hydrogen-bond acceptors (Lipinski definition) is 8. The Morgan fingerprint density at radius 3 is 2.38 bits per heavy atom. The zero-order chi connectivity index (χ0) is 28.3. The normalized spacial score (nSPS) is 10.4. The Kier molecular flexibility index (Phi) is 7.26. The van der Waals surface area contributed by atoms with E-state index in [0.29, 0.717) is 27.9 Å². The van der Waals surface area contributed by atoms with E-state index in [0.717, 1.165) is 6.07 Å². The average molecular weight is 527 g/mol. The van der Waals surface area contributed by atoms with Crippen LogP contribution in [-0.2, 0) is 9.53 Å². The molecule has 0 unspecified atom stereocenters. The number of nitriles is 1. The lowest BCUT2D eigenvalue weighted by atomic mass is 9.99. The number of carboxylic acids is 1. The summed E-state index contributed by atoms with van der Waals surface area (Å²) in [6.45, 7) is 1.39. The molecule has 3 N–H and O–H groups in total. The fourth-order valence-corrected chi connectivity index (χ4v) is 3.90. The summed E-state index contributed by atoms with van der Waals surface area (Å²) in [5, 5.41) is 27.9. The summed E-state index contributed by atoms with van der Waals surface area (Å²) in [5.41, 5.74) is 2.00. The molecule has 0 atom stereocenters. The third-order valence-corrected chi connectivity index (χ3v) is 5.76. The van der Waals surface area contributed by atoms with Crippen LogP contribution in [0.2, 0.25) is 0 Å². The molecule has 4 rings (SSSR count). The zero-order valence-corrected chi connectivity index (χ0v) is 20.9. The van der Waals surface area contributed by atoms with E-state index in [9.17, 15) is 24.3 Å². The number of hydrogen-bond donors (Lipinski definition) is 3. The van der Waals surface area contributed by atoms with Crippen molar-refractivity contribution < 1.29 is 33.5 Å². The summed E-state index contributed by atoms with van der Waals surface area (Å²) >= 11 is 0. The van der Waals surface area contributed by atoms with Crippen molar-refractivity contribution in [2.45, 2.75) is 6.92 Å². The Bertz CT molecular complexity index is 1670. The highest BCUT2D eigenvalue weighted by atomic mass is 16.5. The minimum absolute atomic E-state index is 0.0292. The van der Waals surface area contributed by atoms with Gasteiger partial charge in [0.15, 0.2) is 11.3 Å². The van der Waals surface area contributed by atoms with E-state index in [1.54, 1.807) is 30.3 Å². The number of carbonyl (C=O) groups is 4. The molecule has 0 spiro atoms. The molecule has 0 fully saturated rings. The number of anilines is 3. The van der Waals surface area contributed by atoms with Crippen LogP contribution in [0.15, 0.2) is 59.1 Å². The largest absolute Gasteiger partial charge is 0.478 e. The Hall–Kier alpha value is -5.70. The first-order valence-electron chi connectivity index (χ1n) is 11.3. The highest BCUT2D eigenvalue weighted by molar-refractivity contribution is 6.14. The van der Waals surface area contributed by atoms with E-state index in [1.807, 2.05) is 6.07 Å². The van der Waals surface area contributed by atoms with Gasteiger partial charge in [-0.2, -0.15) is 5.26 Å². The second-order valence-electron chi connectivity index (χ2n) is 8.32. The molecule has 1 aromatic heterocycles.